The number of H-pyrrole nitrogens is 1. The van der Waals surface area contributed by atoms with Crippen LogP contribution in [0.15, 0.2) is 12.3 Å². The molecule has 2 atom stereocenters. The van der Waals surface area contributed by atoms with Crippen LogP contribution in [0.5, 0.6) is 0 Å². The van der Waals surface area contributed by atoms with Crippen molar-refractivity contribution in [1.82, 2.24) is 9.88 Å². The minimum absolute atomic E-state index is 0.102. The summed E-state index contributed by atoms with van der Waals surface area (Å²) in [6.07, 6.45) is 4.39. The van der Waals surface area contributed by atoms with Crippen molar-refractivity contribution in [2.24, 2.45) is 11.3 Å². The Balaban J connectivity index is 1.82. The maximum absolute atomic E-state index is 12.4. The molecule has 1 N–H and O–H groups in total. The first-order chi connectivity index (χ1) is 9.56. The monoisotopic (exact) mass is 296 g/mol. The molecule has 20 heavy (non-hydrogen) atoms. The van der Waals surface area contributed by atoms with Crippen molar-refractivity contribution in [3.8, 4) is 0 Å². The fourth-order valence-corrected chi connectivity index (χ4v) is 3.81. The number of hydrogen-bond donors (Lipinski definition) is 1. The molecule has 1 amide bonds. The number of nitrogens with zero attached hydrogens (tertiary/aromatic N) is 1. The lowest BCUT2D eigenvalue weighted by molar-refractivity contribution is -0.153. The second-order valence-electron chi connectivity index (χ2n) is 5.65. The summed E-state index contributed by atoms with van der Waals surface area (Å²) in [6.45, 7) is 1.06. The minimum atomic E-state index is -0.499. The lowest BCUT2D eigenvalue weighted by Crippen LogP contribution is -2.38. The number of nitrogens with one attached hydrogen (secondary N) is 1. The van der Waals surface area contributed by atoms with E-state index in [1.165, 1.54) is 7.11 Å². The van der Waals surface area contributed by atoms with E-state index in [2.05, 4.69) is 4.98 Å². The fraction of sp³-hybridized carbons (Fsp3) is 0.571. The highest BCUT2D eigenvalue weighted by atomic mass is 35.5. The van der Waals surface area contributed by atoms with Crippen molar-refractivity contribution in [1.29, 1.82) is 0 Å². The minimum Gasteiger partial charge on any atom is -0.469 e. The van der Waals surface area contributed by atoms with Crippen LogP contribution in [0.1, 0.15) is 29.8 Å². The average Bonchev–Trinajstić information content (AvgIpc) is 3.10. The maximum atomic E-state index is 12.4. The Bertz CT molecular complexity index is 556. The molecular formula is C14H17ClN2O3. The summed E-state index contributed by atoms with van der Waals surface area (Å²) < 4.78 is 4.97. The molecule has 2 fully saturated rings. The topological polar surface area (TPSA) is 62.4 Å². The Morgan fingerprint density at radius 3 is 3.00 bits per heavy atom. The van der Waals surface area contributed by atoms with E-state index in [4.69, 9.17) is 16.3 Å². The van der Waals surface area contributed by atoms with Gasteiger partial charge < -0.3 is 14.6 Å². The lowest BCUT2D eigenvalue weighted by atomic mass is 9.81. The Morgan fingerprint density at radius 1 is 1.55 bits per heavy atom. The molecule has 2 heterocycles. The van der Waals surface area contributed by atoms with Crippen LogP contribution < -0.4 is 0 Å². The van der Waals surface area contributed by atoms with Gasteiger partial charge in [-0.15, -0.1) is 0 Å². The number of fused-ring (bicyclic) bond motifs is 1. The van der Waals surface area contributed by atoms with Gasteiger partial charge in [0, 0.05) is 19.3 Å². The van der Waals surface area contributed by atoms with Crippen LogP contribution in [0, 0.1) is 11.3 Å². The zero-order chi connectivity index (χ0) is 14.3. The van der Waals surface area contributed by atoms with Crippen LogP contribution in [0.25, 0.3) is 0 Å². The molecular weight excluding hydrogens is 280 g/mol. The summed E-state index contributed by atoms with van der Waals surface area (Å²) in [6, 6.07) is 1.61. The van der Waals surface area contributed by atoms with E-state index in [-0.39, 0.29) is 17.8 Å². The van der Waals surface area contributed by atoms with Gasteiger partial charge in [-0.3, -0.25) is 9.59 Å². The van der Waals surface area contributed by atoms with Gasteiger partial charge in [-0.1, -0.05) is 18.0 Å². The molecule has 0 aromatic carbocycles. The summed E-state index contributed by atoms with van der Waals surface area (Å²) in [5.41, 5.74) is -0.0316. The highest BCUT2D eigenvalue weighted by Crippen LogP contribution is 2.49. The average molecular weight is 297 g/mol. The maximum Gasteiger partial charge on any atom is 0.313 e. The normalized spacial score (nSPS) is 28.5. The number of aromatic amines is 1. The van der Waals surface area contributed by atoms with E-state index in [9.17, 15) is 9.59 Å². The van der Waals surface area contributed by atoms with Gasteiger partial charge in [-0.05, 0) is 24.8 Å². The predicted molar refractivity (Wildman–Crippen MR) is 73.5 cm³/mol. The van der Waals surface area contributed by atoms with Crippen molar-refractivity contribution in [2.45, 2.75) is 19.3 Å². The van der Waals surface area contributed by atoms with Crippen molar-refractivity contribution >= 4 is 23.5 Å². The summed E-state index contributed by atoms with van der Waals surface area (Å²) in [7, 11) is 1.42. The van der Waals surface area contributed by atoms with Crippen molar-refractivity contribution in [2.75, 3.05) is 20.2 Å². The number of methoxy groups -OCH3 is 1. The number of carbonyl (C=O) groups excluding carboxylic acids is 2. The van der Waals surface area contributed by atoms with Crippen LogP contribution in [-0.2, 0) is 9.53 Å². The third-order valence-corrected chi connectivity index (χ3v) is 4.85. The predicted octanol–water partition coefficient (Wildman–Crippen LogP) is 2.08. The fourth-order valence-electron chi connectivity index (χ4n) is 3.64. The number of carbonyl (C=O) groups is 2. The van der Waals surface area contributed by atoms with Crippen molar-refractivity contribution in [3.63, 3.8) is 0 Å². The standard InChI is InChI=1S/C14H17ClN2O3/c1-20-13(19)14-4-2-3-9(14)7-17(8-14)12(18)11-5-10(15)6-16-11/h5-6,9,16H,2-4,7-8H2,1H3/t9-,14+/m1/s1. The van der Waals surface area contributed by atoms with Crippen LogP contribution in [0.4, 0.5) is 0 Å². The number of hydrogen-bond acceptors (Lipinski definition) is 3. The Hall–Kier alpha value is -1.49. The zero-order valence-corrected chi connectivity index (χ0v) is 12.1. The summed E-state index contributed by atoms with van der Waals surface area (Å²) in [5, 5.41) is 0.510. The quantitative estimate of drug-likeness (QED) is 0.850. The summed E-state index contributed by atoms with van der Waals surface area (Å²) in [4.78, 5) is 29.2. The molecule has 1 saturated heterocycles. The van der Waals surface area contributed by atoms with E-state index in [0.717, 1.165) is 19.3 Å². The third kappa shape index (κ3) is 1.92. The van der Waals surface area contributed by atoms with Gasteiger partial charge in [0.25, 0.3) is 5.91 Å². The van der Waals surface area contributed by atoms with Gasteiger partial charge in [0.2, 0.25) is 0 Å². The molecule has 0 spiro atoms. The molecule has 1 aromatic heterocycles. The number of likely N-dealkylation sites (tertiary alicyclic amines) is 1. The SMILES string of the molecule is COC(=O)[C@]12CCC[C@@H]1CN(C(=O)c1cc(Cl)c[nH]1)C2. The zero-order valence-electron chi connectivity index (χ0n) is 11.3. The van der Waals surface area contributed by atoms with E-state index in [1.807, 2.05) is 0 Å². The molecule has 1 aromatic rings. The number of aromatic nitrogens is 1. The molecule has 3 rings (SSSR count). The molecule has 0 bridgehead atoms. The lowest BCUT2D eigenvalue weighted by Gasteiger charge is -2.25. The van der Waals surface area contributed by atoms with E-state index in [1.54, 1.807) is 17.2 Å². The largest absolute Gasteiger partial charge is 0.469 e. The number of amides is 1. The van der Waals surface area contributed by atoms with Crippen LogP contribution in [0.3, 0.4) is 0 Å². The van der Waals surface area contributed by atoms with Crippen LogP contribution in [-0.4, -0.2) is 42.0 Å². The second kappa shape index (κ2) is 4.81. The highest BCUT2D eigenvalue weighted by molar-refractivity contribution is 6.30. The molecule has 108 valence electrons. The molecule has 1 aliphatic carbocycles. The number of ether oxygens (including phenoxy) is 1. The van der Waals surface area contributed by atoms with E-state index >= 15 is 0 Å². The molecule has 0 radical (unpaired) electrons. The summed E-state index contributed by atoms with van der Waals surface area (Å²) >= 11 is 5.83. The van der Waals surface area contributed by atoms with Gasteiger partial charge in [0.05, 0.1) is 17.5 Å². The first kappa shape index (κ1) is 13.5. The Morgan fingerprint density at radius 2 is 2.35 bits per heavy atom. The van der Waals surface area contributed by atoms with Gasteiger partial charge in [0.1, 0.15) is 5.69 Å². The summed E-state index contributed by atoms with van der Waals surface area (Å²) in [5.74, 6) is -0.0706. The smallest absolute Gasteiger partial charge is 0.313 e. The van der Waals surface area contributed by atoms with Crippen LogP contribution >= 0.6 is 11.6 Å². The number of halogens is 1. The first-order valence-corrected chi connectivity index (χ1v) is 7.16. The molecule has 2 aliphatic rings. The van der Waals surface area contributed by atoms with E-state index < -0.39 is 5.41 Å². The van der Waals surface area contributed by atoms with Gasteiger partial charge >= 0.3 is 5.97 Å². The Labute approximate surface area is 122 Å². The molecule has 6 heteroatoms. The molecule has 5 nitrogen and oxygen atoms in total. The Kier molecular flexibility index (Phi) is 3.24. The number of esters is 1. The molecule has 1 saturated carbocycles. The van der Waals surface area contributed by atoms with Crippen LogP contribution in [0.2, 0.25) is 5.02 Å². The first-order valence-electron chi connectivity index (χ1n) is 6.78. The van der Waals surface area contributed by atoms with Gasteiger partial charge in [0.15, 0.2) is 0 Å². The van der Waals surface area contributed by atoms with Crippen molar-refractivity contribution < 1.29 is 14.3 Å². The highest BCUT2D eigenvalue weighted by Gasteiger charge is 2.56. The third-order valence-electron chi connectivity index (χ3n) is 4.63. The van der Waals surface area contributed by atoms with Crippen molar-refractivity contribution in [3.05, 3.63) is 23.0 Å². The second-order valence-corrected chi connectivity index (χ2v) is 6.09. The number of rotatable bonds is 2. The van der Waals surface area contributed by atoms with Gasteiger partial charge in [-0.2, -0.15) is 0 Å². The van der Waals surface area contributed by atoms with Gasteiger partial charge in [-0.25, -0.2) is 0 Å². The van der Waals surface area contributed by atoms with E-state index in [0.29, 0.717) is 23.8 Å². The molecule has 0 unspecified atom stereocenters. The molecule has 1 aliphatic heterocycles.